The average molecular weight is 556 g/mol. The molecular weight excluding hydrogens is 523 g/mol. The molecule has 1 atom stereocenters. The fourth-order valence-electron chi connectivity index (χ4n) is 5.21. The van der Waals surface area contributed by atoms with E-state index in [1.54, 1.807) is 59.5 Å². The second kappa shape index (κ2) is 12.1. The van der Waals surface area contributed by atoms with E-state index in [1.165, 1.54) is 12.1 Å². The number of aryl methyl sites for hydroxylation is 1. The molecule has 2 fully saturated rings. The fraction of sp³-hybridized carbons (Fsp3) is 0.294. The summed E-state index contributed by atoms with van der Waals surface area (Å²) in [4.78, 5) is 16.3. The van der Waals surface area contributed by atoms with E-state index in [9.17, 15) is 18.0 Å². The number of halogens is 3. The summed E-state index contributed by atoms with van der Waals surface area (Å²) in [6.07, 6.45) is 5.62. The molecule has 2 aliphatic rings. The summed E-state index contributed by atoms with van der Waals surface area (Å²) >= 11 is 0. The van der Waals surface area contributed by atoms with E-state index in [4.69, 9.17) is 5.41 Å². The predicted molar refractivity (Wildman–Crippen MR) is 156 cm³/mol. The van der Waals surface area contributed by atoms with Crippen molar-refractivity contribution in [1.29, 1.82) is 5.41 Å². The molecule has 1 N–H and O–H groups in total. The Morgan fingerprint density at radius 1 is 1.05 bits per heavy atom. The van der Waals surface area contributed by atoms with Gasteiger partial charge >= 0.3 is 6.55 Å². The first-order valence-corrected chi connectivity index (χ1v) is 13.8. The Morgan fingerprint density at radius 2 is 1.80 bits per heavy atom. The van der Waals surface area contributed by atoms with Crippen LogP contribution >= 0.6 is 0 Å². The molecule has 0 aromatic heterocycles. The topological polar surface area (TPSA) is 47.4 Å². The number of carbonyl (C=O) groups excluding carboxylic acids is 1. The smallest absolute Gasteiger partial charge is 0.315 e. The number of likely N-dealkylation sites (tertiary alicyclic amines) is 1. The zero-order valence-corrected chi connectivity index (χ0v) is 23.1. The van der Waals surface area contributed by atoms with Crippen LogP contribution < -0.4 is 4.90 Å². The number of hydrogen-bond acceptors (Lipinski definition) is 3. The molecule has 1 saturated carbocycles. The van der Waals surface area contributed by atoms with E-state index in [1.807, 2.05) is 26.0 Å². The van der Waals surface area contributed by atoms with Gasteiger partial charge in [-0.2, -0.15) is 8.78 Å². The van der Waals surface area contributed by atoms with Gasteiger partial charge in [0, 0.05) is 52.9 Å². The van der Waals surface area contributed by atoms with Gasteiger partial charge in [0.2, 0.25) is 0 Å². The molecule has 3 aromatic rings. The lowest BCUT2D eigenvalue weighted by atomic mass is 9.88. The number of anilines is 1. The number of nitrogens with zero attached hydrogens (tertiary/aromatic N) is 2. The number of carbonyl (C=O) groups is 1. The summed E-state index contributed by atoms with van der Waals surface area (Å²) < 4.78 is 42.6. The van der Waals surface area contributed by atoms with Crippen molar-refractivity contribution in [1.82, 2.24) is 4.90 Å². The number of para-hydroxylation sites is 1. The number of amides is 1. The van der Waals surface area contributed by atoms with Crippen LogP contribution in [0.25, 0.3) is 0 Å². The molecule has 0 radical (unpaired) electrons. The van der Waals surface area contributed by atoms with Crippen molar-refractivity contribution in [3.63, 3.8) is 0 Å². The van der Waals surface area contributed by atoms with Crippen LogP contribution in [0.1, 0.15) is 52.4 Å². The molecule has 1 aliphatic carbocycles. The standard InChI is InChI=1S/C34H32F3N3O/c1-3-7-31(40(34(36)37)30-11-5-4-8-22(30)2)27-20-39(21-27)33(41)26-16-17-29(24(18-26)15-14-23-12-13-23)32(38)25-9-6-10-28(35)19-25/h3-11,16-19,23,27,31,34,38H,12-13,20-21H2,1-2H3/b7-3-,38-32?. The zero-order chi connectivity index (χ0) is 29.1. The molecule has 1 heterocycles. The van der Waals surface area contributed by atoms with Crippen LogP contribution in [-0.4, -0.2) is 42.2 Å². The van der Waals surface area contributed by atoms with Crippen LogP contribution in [0.4, 0.5) is 18.9 Å². The van der Waals surface area contributed by atoms with Crippen LogP contribution in [0.15, 0.2) is 78.9 Å². The van der Waals surface area contributed by atoms with Crippen LogP contribution in [0.2, 0.25) is 0 Å². The van der Waals surface area contributed by atoms with E-state index >= 15 is 0 Å². The van der Waals surface area contributed by atoms with Gasteiger partial charge in [0.25, 0.3) is 5.91 Å². The highest BCUT2D eigenvalue weighted by Crippen LogP contribution is 2.33. The van der Waals surface area contributed by atoms with E-state index in [0.717, 1.165) is 23.3 Å². The molecule has 41 heavy (non-hydrogen) atoms. The maximum Gasteiger partial charge on any atom is 0.315 e. The quantitative estimate of drug-likeness (QED) is 0.140. The predicted octanol–water partition coefficient (Wildman–Crippen LogP) is 7.06. The second-order valence-electron chi connectivity index (χ2n) is 10.6. The van der Waals surface area contributed by atoms with Crippen molar-refractivity contribution in [3.05, 3.63) is 113 Å². The second-order valence-corrected chi connectivity index (χ2v) is 10.6. The fourth-order valence-corrected chi connectivity index (χ4v) is 5.21. The largest absolute Gasteiger partial charge is 0.338 e. The van der Waals surface area contributed by atoms with Gasteiger partial charge in [0.05, 0.1) is 11.8 Å². The van der Waals surface area contributed by atoms with Crippen LogP contribution in [0.3, 0.4) is 0 Å². The minimum absolute atomic E-state index is 0.130. The van der Waals surface area contributed by atoms with Crippen molar-refractivity contribution in [2.75, 3.05) is 18.0 Å². The first kappa shape index (κ1) is 28.2. The van der Waals surface area contributed by atoms with Gasteiger partial charge in [-0.25, -0.2) is 4.39 Å². The molecule has 3 aromatic carbocycles. The molecule has 7 heteroatoms. The van der Waals surface area contributed by atoms with Crippen molar-refractivity contribution in [2.45, 2.75) is 39.3 Å². The third-order valence-corrected chi connectivity index (χ3v) is 7.63. The van der Waals surface area contributed by atoms with E-state index in [0.29, 0.717) is 46.9 Å². The van der Waals surface area contributed by atoms with Gasteiger partial charge in [-0.1, -0.05) is 60.4 Å². The van der Waals surface area contributed by atoms with Crippen molar-refractivity contribution >= 4 is 17.3 Å². The molecule has 5 rings (SSSR count). The highest BCUT2D eigenvalue weighted by atomic mass is 19.3. The van der Waals surface area contributed by atoms with Gasteiger partial charge in [-0.05, 0) is 62.6 Å². The van der Waals surface area contributed by atoms with Gasteiger partial charge < -0.3 is 9.80 Å². The highest BCUT2D eigenvalue weighted by molar-refractivity contribution is 6.12. The summed E-state index contributed by atoms with van der Waals surface area (Å²) in [7, 11) is 0. The van der Waals surface area contributed by atoms with Gasteiger partial charge in [-0.15, -0.1) is 0 Å². The van der Waals surface area contributed by atoms with E-state index in [2.05, 4.69) is 11.8 Å². The molecule has 1 amide bonds. The number of nitrogens with one attached hydrogen (secondary N) is 1. The van der Waals surface area contributed by atoms with Crippen LogP contribution in [-0.2, 0) is 0 Å². The Labute approximate surface area is 239 Å². The molecule has 1 unspecified atom stereocenters. The van der Waals surface area contributed by atoms with Crippen LogP contribution in [0.5, 0.6) is 0 Å². The molecule has 1 saturated heterocycles. The Kier molecular flexibility index (Phi) is 8.30. The van der Waals surface area contributed by atoms with Gasteiger partial charge in [-0.3, -0.25) is 10.2 Å². The summed E-state index contributed by atoms with van der Waals surface area (Å²) in [5.41, 5.74) is 3.29. The first-order chi connectivity index (χ1) is 19.8. The number of rotatable bonds is 8. The lowest BCUT2D eigenvalue weighted by molar-refractivity contribution is 0.0416. The maximum absolute atomic E-state index is 14.4. The molecular formula is C34H32F3N3O. The molecule has 210 valence electrons. The number of allylic oxidation sites excluding steroid dienone is 1. The minimum Gasteiger partial charge on any atom is -0.338 e. The Morgan fingerprint density at radius 3 is 2.46 bits per heavy atom. The van der Waals surface area contributed by atoms with Gasteiger partial charge in [0.1, 0.15) is 5.82 Å². The summed E-state index contributed by atoms with van der Waals surface area (Å²) in [6.45, 7) is 1.61. The Balaban J connectivity index is 1.37. The molecule has 4 nitrogen and oxygen atoms in total. The highest BCUT2D eigenvalue weighted by Gasteiger charge is 2.40. The van der Waals surface area contributed by atoms with Crippen LogP contribution in [0, 0.1) is 41.8 Å². The molecule has 1 aliphatic heterocycles. The van der Waals surface area contributed by atoms with E-state index < -0.39 is 18.4 Å². The number of hydrogen-bond donors (Lipinski definition) is 1. The van der Waals surface area contributed by atoms with E-state index in [-0.39, 0.29) is 17.5 Å². The zero-order valence-electron chi connectivity index (χ0n) is 23.1. The maximum atomic E-state index is 14.4. The lowest BCUT2D eigenvalue weighted by Gasteiger charge is -2.46. The first-order valence-electron chi connectivity index (χ1n) is 13.8. The van der Waals surface area contributed by atoms with Crippen molar-refractivity contribution in [2.24, 2.45) is 11.8 Å². The number of benzene rings is 3. The Hall–Kier alpha value is -4.31. The minimum atomic E-state index is -2.70. The SMILES string of the molecule is C/C=C\C(C1CN(C(=O)c2ccc(C(=N)c3cccc(F)c3)c(C#CC3CC3)c2)C1)N(c1ccccc1C)C(F)F. The lowest BCUT2D eigenvalue weighted by Crippen LogP contribution is -2.59. The third kappa shape index (κ3) is 6.22. The molecule has 0 spiro atoms. The third-order valence-electron chi connectivity index (χ3n) is 7.63. The molecule has 0 bridgehead atoms. The monoisotopic (exact) mass is 555 g/mol. The van der Waals surface area contributed by atoms with Crippen molar-refractivity contribution in [3.8, 4) is 11.8 Å². The van der Waals surface area contributed by atoms with Gasteiger partial charge in [0.15, 0.2) is 0 Å². The normalized spacial score (nSPS) is 15.8. The Bertz CT molecular complexity index is 1540. The number of alkyl halides is 2. The summed E-state index contributed by atoms with van der Waals surface area (Å²) in [6, 6.07) is 17.4. The van der Waals surface area contributed by atoms with Crippen molar-refractivity contribution < 1.29 is 18.0 Å². The average Bonchev–Trinajstić information content (AvgIpc) is 3.76. The summed E-state index contributed by atoms with van der Waals surface area (Å²) in [5, 5.41) is 8.69. The summed E-state index contributed by atoms with van der Waals surface area (Å²) in [5.74, 6) is 5.86.